The van der Waals surface area contributed by atoms with Crippen LogP contribution in [0.2, 0.25) is 0 Å². The minimum Gasteiger partial charge on any atom is -0.380 e. The van der Waals surface area contributed by atoms with E-state index in [1.165, 1.54) is 83.5 Å². The van der Waals surface area contributed by atoms with Gasteiger partial charge >= 0.3 is 0 Å². The first kappa shape index (κ1) is 18.9. The molecule has 0 spiro atoms. The van der Waals surface area contributed by atoms with Crippen molar-refractivity contribution in [2.24, 2.45) is 5.73 Å². The molecule has 0 saturated heterocycles. The van der Waals surface area contributed by atoms with E-state index in [0.29, 0.717) is 6.54 Å². The van der Waals surface area contributed by atoms with Crippen LogP contribution in [0.15, 0.2) is 0 Å². The first-order valence-electron chi connectivity index (χ1n) is 8.69. The molecule has 0 fully saturated rings. The minimum atomic E-state index is 0.651. The summed E-state index contributed by atoms with van der Waals surface area (Å²) in [6.45, 7) is 4.55. The molecule has 0 aromatic rings. The summed E-state index contributed by atoms with van der Waals surface area (Å²) in [7, 11) is 0. The highest BCUT2D eigenvalue weighted by Crippen LogP contribution is 2.12. The second-order valence-electron chi connectivity index (χ2n) is 5.64. The molecule has 0 amide bonds. The first-order chi connectivity index (χ1) is 9.41. The highest BCUT2D eigenvalue weighted by Gasteiger charge is 1.93. The zero-order valence-corrected chi connectivity index (χ0v) is 13.3. The van der Waals surface area contributed by atoms with Crippen molar-refractivity contribution in [2.45, 2.75) is 90.4 Å². The van der Waals surface area contributed by atoms with Gasteiger partial charge in [0, 0.05) is 13.2 Å². The molecule has 0 aliphatic carbocycles. The van der Waals surface area contributed by atoms with E-state index < -0.39 is 0 Å². The van der Waals surface area contributed by atoms with Gasteiger partial charge in [0.05, 0.1) is 6.61 Å². The minimum absolute atomic E-state index is 0.651. The molecule has 0 aliphatic rings. The van der Waals surface area contributed by atoms with E-state index in [0.717, 1.165) is 13.2 Å². The quantitative estimate of drug-likeness (QED) is 0.399. The lowest BCUT2D eigenvalue weighted by atomic mass is 10.0. The van der Waals surface area contributed by atoms with Crippen LogP contribution in [0, 0.1) is 0 Å². The van der Waals surface area contributed by atoms with Crippen LogP contribution in [0.4, 0.5) is 0 Å². The Labute approximate surface area is 121 Å². The van der Waals surface area contributed by atoms with Gasteiger partial charge in [-0.15, -0.1) is 0 Å². The van der Waals surface area contributed by atoms with Gasteiger partial charge in [-0.1, -0.05) is 84.0 Å². The Morgan fingerprint density at radius 1 is 0.579 bits per heavy atom. The molecule has 0 unspecified atom stereocenters. The zero-order valence-electron chi connectivity index (χ0n) is 13.3. The molecule has 0 saturated carbocycles. The summed E-state index contributed by atoms with van der Waals surface area (Å²) in [6.07, 6.45) is 18.2. The Balaban J connectivity index is 2.88. The standard InChI is InChI=1S/C17H37NO/c1-2-3-4-5-6-7-8-9-10-11-12-13-14-16-19-17-15-18/h2-18H2,1H3. The van der Waals surface area contributed by atoms with Gasteiger partial charge in [-0.25, -0.2) is 0 Å². The lowest BCUT2D eigenvalue weighted by Gasteiger charge is -2.03. The van der Waals surface area contributed by atoms with Crippen LogP contribution in [0.5, 0.6) is 0 Å². The Morgan fingerprint density at radius 3 is 1.42 bits per heavy atom. The van der Waals surface area contributed by atoms with Gasteiger partial charge in [0.1, 0.15) is 0 Å². The smallest absolute Gasteiger partial charge is 0.0588 e. The Morgan fingerprint density at radius 2 is 1.00 bits per heavy atom. The van der Waals surface area contributed by atoms with Gasteiger partial charge in [-0.05, 0) is 6.42 Å². The third kappa shape index (κ3) is 17.9. The van der Waals surface area contributed by atoms with Crippen molar-refractivity contribution in [1.82, 2.24) is 0 Å². The van der Waals surface area contributed by atoms with Gasteiger partial charge in [0.25, 0.3) is 0 Å². The number of nitrogens with two attached hydrogens (primary N) is 1. The highest BCUT2D eigenvalue weighted by molar-refractivity contribution is 4.48. The molecule has 0 bridgehead atoms. The Bertz CT molecular complexity index is 134. The van der Waals surface area contributed by atoms with Crippen LogP contribution in [0.25, 0.3) is 0 Å². The summed E-state index contributed by atoms with van der Waals surface area (Å²) >= 11 is 0. The van der Waals surface area contributed by atoms with E-state index in [-0.39, 0.29) is 0 Å². The van der Waals surface area contributed by atoms with Crippen molar-refractivity contribution in [2.75, 3.05) is 19.8 Å². The molecule has 2 nitrogen and oxygen atoms in total. The molecule has 0 aliphatic heterocycles. The van der Waals surface area contributed by atoms with E-state index >= 15 is 0 Å². The lowest BCUT2D eigenvalue weighted by Crippen LogP contribution is -2.08. The highest BCUT2D eigenvalue weighted by atomic mass is 16.5. The molecular weight excluding hydrogens is 234 g/mol. The average molecular weight is 271 g/mol. The number of hydrogen-bond donors (Lipinski definition) is 1. The molecule has 0 radical (unpaired) electrons. The van der Waals surface area contributed by atoms with Crippen molar-refractivity contribution < 1.29 is 4.74 Å². The third-order valence-corrected chi connectivity index (χ3v) is 3.65. The fraction of sp³-hybridized carbons (Fsp3) is 1.00. The zero-order chi connectivity index (χ0) is 14.0. The summed E-state index contributed by atoms with van der Waals surface area (Å²) in [5.74, 6) is 0. The summed E-state index contributed by atoms with van der Waals surface area (Å²) in [4.78, 5) is 0. The lowest BCUT2D eigenvalue weighted by molar-refractivity contribution is 0.137. The van der Waals surface area contributed by atoms with E-state index in [1.807, 2.05) is 0 Å². The summed E-state index contributed by atoms with van der Waals surface area (Å²) in [5, 5.41) is 0. The fourth-order valence-corrected chi connectivity index (χ4v) is 2.41. The van der Waals surface area contributed by atoms with E-state index in [9.17, 15) is 0 Å². The number of rotatable bonds is 16. The molecule has 0 heterocycles. The normalized spacial score (nSPS) is 11.1. The molecule has 2 N–H and O–H groups in total. The molecule has 0 aromatic heterocycles. The topological polar surface area (TPSA) is 35.2 Å². The SMILES string of the molecule is CCCCCCCCCCCCCCCOCCN. The summed E-state index contributed by atoms with van der Waals surface area (Å²) < 4.78 is 5.36. The molecule has 2 heteroatoms. The van der Waals surface area contributed by atoms with Crippen molar-refractivity contribution in [3.8, 4) is 0 Å². The van der Waals surface area contributed by atoms with Crippen molar-refractivity contribution in [1.29, 1.82) is 0 Å². The monoisotopic (exact) mass is 271 g/mol. The maximum atomic E-state index is 5.36. The second-order valence-corrected chi connectivity index (χ2v) is 5.64. The number of ether oxygens (including phenoxy) is 1. The van der Waals surface area contributed by atoms with Crippen LogP contribution in [-0.2, 0) is 4.74 Å². The summed E-state index contributed by atoms with van der Waals surface area (Å²) in [6, 6.07) is 0. The van der Waals surface area contributed by atoms with Gasteiger partial charge in [0.2, 0.25) is 0 Å². The first-order valence-corrected chi connectivity index (χ1v) is 8.69. The van der Waals surface area contributed by atoms with Crippen LogP contribution in [0.3, 0.4) is 0 Å². The second kappa shape index (κ2) is 17.9. The van der Waals surface area contributed by atoms with Gasteiger partial charge in [-0.3, -0.25) is 0 Å². The third-order valence-electron chi connectivity index (χ3n) is 3.65. The molecule has 0 atom stereocenters. The molecule has 19 heavy (non-hydrogen) atoms. The summed E-state index contributed by atoms with van der Waals surface area (Å²) in [5.41, 5.74) is 5.36. The van der Waals surface area contributed by atoms with E-state index in [1.54, 1.807) is 0 Å². The van der Waals surface area contributed by atoms with E-state index in [4.69, 9.17) is 10.5 Å². The van der Waals surface area contributed by atoms with Crippen molar-refractivity contribution in [3.63, 3.8) is 0 Å². The predicted molar refractivity (Wildman–Crippen MR) is 85.6 cm³/mol. The van der Waals surface area contributed by atoms with Gasteiger partial charge in [-0.2, -0.15) is 0 Å². The van der Waals surface area contributed by atoms with Crippen LogP contribution in [-0.4, -0.2) is 19.8 Å². The van der Waals surface area contributed by atoms with Crippen LogP contribution in [0.1, 0.15) is 90.4 Å². The molecular formula is C17H37NO. The van der Waals surface area contributed by atoms with Gasteiger partial charge in [0.15, 0.2) is 0 Å². The largest absolute Gasteiger partial charge is 0.380 e. The maximum absolute atomic E-state index is 5.36. The van der Waals surface area contributed by atoms with Crippen LogP contribution >= 0.6 is 0 Å². The average Bonchev–Trinajstić information content (AvgIpc) is 2.43. The van der Waals surface area contributed by atoms with Crippen molar-refractivity contribution in [3.05, 3.63) is 0 Å². The van der Waals surface area contributed by atoms with Crippen molar-refractivity contribution >= 4 is 0 Å². The molecule has 0 rings (SSSR count). The van der Waals surface area contributed by atoms with E-state index in [2.05, 4.69) is 6.92 Å². The Kier molecular flexibility index (Phi) is 17.8. The maximum Gasteiger partial charge on any atom is 0.0588 e. The van der Waals surface area contributed by atoms with Gasteiger partial charge < -0.3 is 10.5 Å². The Hall–Kier alpha value is -0.0800. The molecule has 0 aromatic carbocycles. The van der Waals surface area contributed by atoms with Crippen LogP contribution < -0.4 is 5.73 Å². The number of hydrogen-bond acceptors (Lipinski definition) is 2. The fourth-order valence-electron chi connectivity index (χ4n) is 2.41. The predicted octanol–water partition coefficient (Wildman–Crippen LogP) is 5.05. The molecule has 116 valence electrons. The number of unbranched alkanes of at least 4 members (excludes halogenated alkanes) is 12.